The third-order valence-corrected chi connectivity index (χ3v) is 7.48. The number of anilines is 4. The molecule has 2 aliphatic rings. The van der Waals surface area contributed by atoms with Crippen LogP contribution in [0.3, 0.4) is 0 Å². The number of fused-ring (bicyclic) bond motifs is 1. The van der Waals surface area contributed by atoms with Gasteiger partial charge in [-0.1, -0.05) is 23.8 Å². The summed E-state index contributed by atoms with van der Waals surface area (Å²) in [5, 5.41) is 3.33. The van der Waals surface area contributed by atoms with E-state index in [0.29, 0.717) is 67.7 Å². The molecule has 2 aromatic carbocycles. The van der Waals surface area contributed by atoms with E-state index in [-0.39, 0.29) is 11.7 Å². The molecule has 206 valence electrons. The lowest BCUT2D eigenvalue weighted by Crippen LogP contribution is -2.47. The van der Waals surface area contributed by atoms with Crippen molar-refractivity contribution in [3.8, 4) is 0 Å². The van der Waals surface area contributed by atoms with Gasteiger partial charge in [0, 0.05) is 56.3 Å². The quantitative estimate of drug-likeness (QED) is 0.311. The molecule has 2 aromatic heterocycles. The number of Topliss-reactive ketones (excluding diaryl/α,β-unsaturated/α-hetero) is 1. The first kappa shape index (κ1) is 25.9. The van der Waals surface area contributed by atoms with Gasteiger partial charge in [0.15, 0.2) is 5.78 Å². The highest BCUT2D eigenvalue weighted by Crippen LogP contribution is 2.37. The summed E-state index contributed by atoms with van der Waals surface area (Å²) in [7, 11) is 0. The summed E-state index contributed by atoms with van der Waals surface area (Å²) in [6, 6.07) is 17.0. The van der Waals surface area contributed by atoms with Crippen LogP contribution in [0.15, 0.2) is 71.3 Å². The van der Waals surface area contributed by atoms with Crippen molar-refractivity contribution >= 4 is 28.9 Å². The summed E-state index contributed by atoms with van der Waals surface area (Å²) in [5.74, 6) is 1.56. The second-order valence-electron chi connectivity index (χ2n) is 10.3. The third kappa shape index (κ3) is 5.25. The van der Waals surface area contributed by atoms with Crippen LogP contribution in [0.5, 0.6) is 0 Å². The standard InChI is InChI=1S/C30H28F3N5O2/c1-19-7-9-22(10-8-19)34-28-27-24(16-20(17-25(27)39)26-6-3-15-40-26)35-29(36-28)38-13-11-37(12-14-38)23-5-2-4-21(18-23)30(31,32)33/h2-10,15,18,20H,11-14,16-17H2,1H3,(H,34,35,36). The number of carbonyl (C=O) groups is 1. The molecule has 7 nitrogen and oxygen atoms in total. The molecule has 0 saturated carbocycles. The van der Waals surface area contributed by atoms with E-state index in [1.165, 1.54) is 12.1 Å². The van der Waals surface area contributed by atoms with Crippen LogP contribution in [0.4, 0.5) is 36.3 Å². The number of alkyl halides is 3. The number of piperazine rings is 1. The van der Waals surface area contributed by atoms with Crippen LogP contribution in [0.1, 0.15) is 45.3 Å². The number of halogens is 3. The summed E-state index contributed by atoms with van der Waals surface area (Å²) >= 11 is 0. The van der Waals surface area contributed by atoms with Crippen LogP contribution in [0.2, 0.25) is 0 Å². The van der Waals surface area contributed by atoms with Gasteiger partial charge in [0.1, 0.15) is 11.6 Å². The van der Waals surface area contributed by atoms with Crippen molar-refractivity contribution in [2.24, 2.45) is 0 Å². The predicted molar refractivity (Wildman–Crippen MR) is 146 cm³/mol. The van der Waals surface area contributed by atoms with Crippen molar-refractivity contribution < 1.29 is 22.4 Å². The second-order valence-corrected chi connectivity index (χ2v) is 10.3. The van der Waals surface area contributed by atoms with E-state index in [2.05, 4.69) is 5.32 Å². The highest BCUT2D eigenvalue weighted by atomic mass is 19.4. The van der Waals surface area contributed by atoms with Gasteiger partial charge in [0.25, 0.3) is 0 Å². The van der Waals surface area contributed by atoms with E-state index in [0.717, 1.165) is 23.1 Å². The van der Waals surface area contributed by atoms with E-state index in [1.807, 2.05) is 53.1 Å². The van der Waals surface area contributed by atoms with Crippen LogP contribution in [-0.2, 0) is 12.6 Å². The maximum absolute atomic E-state index is 13.4. The first-order valence-corrected chi connectivity index (χ1v) is 13.2. The maximum atomic E-state index is 13.4. The number of nitrogens with one attached hydrogen (secondary N) is 1. The average molecular weight is 548 g/mol. The lowest BCUT2D eigenvalue weighted by molar-refractivity contribution is -0.137. The summed E-state index contributed by atoms with van der Waals surface area (Å²) in [5.41, 5.74) is 2.97. The summed E-state index contributed by atoms with van der Waals surface area (Å²) in [6.07, 6.45) is -1.94. The van der Waals surface area contributed by atoms with Gasteiger partial charge in [-0.25, -0.2) is 4.98 Å². The molecule has 1 unspecified atom stereocenters. The Balaban J connectivity index is 1.28. The number of rotatable bonds is 5. The maximum Gasteiger partial charge on any atom is 0.416 e. The van der Waals surface area contributed by atoms with E-state index < -0.39 is 11.7 Å². The Labute approximate surface area is 229 Å². The van der Waals surface area contributed by atoms with Gasteiger partial charge < -0.3 is 19.5 Å². The molecule has 0 amide bonds. The van der Waals surface area contributed by atoms with Gasteiger partial charge in [-0.3, -0.25) is 4.79 Å². The van der Waals surface area contributed by atoms with Crippen molar-refractivity contribution in [2.45, 2.75) is 31.9 Å². The molecule has 3 heterocycles. The van der Waals surface area contributed by atoms with Crippen LogP contribution in [-0.4, -0.2) is 41.9 Å². The lowest BCUT2D eigenvalue weighted by atomic mass is 9.84. The number of benzene rings is 2. The number of hydrogen-bond donors (Lipinski definition) is 1. The molecule has 6 rings (SSSR count). The van der Waals surface area contributed by atoms with Gasteiger partial charge >= 0.3 is 6.18 Å². The summed E-state index contributed by atoms with van der Waals surface area (Å²) in [6.45, 7) is 4.07. The van der Waals surface area contributed by atoms with Crippen molar-refractivity contribution in [2.75, 3.05) is 41.3 Å². The molecule has 1 aliphatic carbocycles. The zero-order valence-electron chi connectivity index (χ0n) is 21.9. The second kappa shape index (κ2) is 10.3. The number of nitrogens with zero attached hydrogens (tertiary/aromatic N) is 4. The SMILES string of the molecule is Cc1ccc(Nc2nc(N3CCN(c4cccc(C(F)(F)F)c4)CC3)nc3c2C(=O)CC(c2ccco2)C3)cc1. The molecular weight excluding hydrogens is 519 g/mol. The predicted octanol–water partition coefficient (Wildman–Crippen LogP) is 6.38. The third-order valence-electron chi connectivity index (χ3n) is 7.48. The Kier molecular flexibility index (Phi) is 6.69. The Morgan fingerprint density at radius 1 is 0.925 bits per heavy atom. The van der Waals surface area contributed by atoms with Crippen LogP contribution in [0.25, 0.3) is 0 Å². The largest absolute Gasteiger partial charge is 0.469 e. The molecule has 40 heavy (non-hydrogen) atoms. The molecule has 1 atom stereocenters. The Bertz CT molecular complexity index is 1510. The number of carbonyl (C=O) groups excluding carboxylic acids is 1. The molecule has 0 radical (unpaired) electrons. The topological polar surface area (TPSA) is 74.5 Å². The molecular formula is C30H28F3N5O2. The van der Waals surface area contributed by atoms with Crippen molar-refractivity contribution in [3.05, 3.63) is 95.1 Å². The van der Waals surface area contributed by atoms with Crippen molar-refractivity contribution in [1.29, 1.82) is 0 Å². The number of ketones is 1. The fourth-order valence-corrected chi connectivity index (χ4v) is 5.34. The molecule has 4 aromatic rings. The van der Waals surface area contributed by atoms with Crippen LogP contribution in [0, 0.1) is 6.92 Å². The molecule has 0 spiro atoms. The fourth-order valence-electron chi connectivity index (χ4n) is 5.34. The molecule has 1 aliphatic heterocycles. The molecule has 1 saturated heterocycles. The van der Waals surface area contributed by atoms with Gasteiger partial charge in [0.2, 0.25) is 5.95 Å². The molecule has 1 fully saturated rings. The Morgan fingerprint density at radius 3 is 2.38 bits per heavy atom. The highest BCUT2D eigenvalue weighted by molar-refractivity contribution is 6.03. The Morgan fingerprint density at radius 2 is 1.68 bits per heavy atom. The monoisotopic (exact) mass is 547 g/mol. The first-order chi connectivity index (χ1) is 19.2. The number of aromatic nitrogens is 2. The minimum absolute atomic E-state index is 0.0434. The minimum atomic E-state index is -4.39. The first-order valence-electron chi connectivity index (χ1n) is 13.2. The van der Waals surface area contributed by atoms with E-state index in [4.69, 9.17) is 14.4 Å². The Hall–Kier alpha value is -4.34. The van der Waals surface area contributed by atoms with Gasteiger partial charge in [-0.15, -0.1) is 0 Å². The van der Waals surface area contributed by atoms with Crippen molar-refractivity contribution in [1.82, 2.24) is 9.97 Å². The van der Waals surface area contributed by atoms with Crippen LogP contribution < -0.4 is 15.1 Å². The summed E-state index contributed by atoms with van der Waals surface area (Å²) < 4.78 is 45.3. The zero-order chi connectivity index (χ0) is 27.9. The normalized spacial score (nSPS) is 17.6. The van der Waals surface area contributed by atoms with Gasteiger partial charge in [-0.05, 0) is 49.4 Å². The lowest BCUT2D eigenvalue weighted by Gasteiger charge is -2.37. The van der Waals surface area contributed by atoms with E-state index in [9.17, 15) is 18.0 Å². The minimum Gasteiger partial charge on any atom is -0.469 e. The van der Waals surface area contributed by atoms with Gasteiger partial charge in [-0.2, -0.15) is 18.2 Å². The van der Waals surface area contributed by atoms with Crippen molar-refractivity contribution in [3.63, 3.8) is 0 Å². The molecule has 1 N–H and O–H groups in total. The molecule has 0 bridgehead atoms. The number of hydrogen-bond acceptors (Lipinski definition) is 7. The zero-order valence-corrected chi connectivity index (χ0v) is 21.9. The van der Waals surface area contributed by atoms with Crippen LogP contribution >= 0.6 is 0 Å². The molecule has 10 heteroatoms. The van der Waals surface area contributed by atoms with E-state index in [1.54, 1.807) is 12.3 Å². The average Bonchev–Trinajstić information content (AvgIpc) is 3.49. The number of aryl methyl sites for hydroxylation is 1. The van der Waals surface area contributed by atoms with E-state index >= 15 is 0 Å². The smallest absolute Gasteiger partial charge is 0.416 e. The summed E-state index contributed by atoms with van der Waals surface area (Å²) in [4.78, 5) is 27.0. The van der Waals surface area contributed by atoms with Gasteiger partial charge in [0.05, 0.1) is 23.1 Å². The number of furan rings is 1. The highest BCUT2D eigenvalue weighted by Gasteiger charge is 2.34. The fraction of sp³-hybridized carbons (Fsp3) is 0.300.